The number of hydrogen-bond donors (Lipinski definition) is 3. The molecule has 7 nitrogen and oxygen atoms in total. The van der Waals surface area contributed by atoms with E-state index in [9.17, 15) is 13.2 Å². The van der Waals surface area contributed by atoms with Crippen LogP contribution in [0, 0.1) is 11.3 Å². The molecule has 0 aromatic heterocycles. The van der Waals surface area contributed by atoms with E-state index in [-0.39, 0.29) is 5.56 Å². The Kier molecular flexibility index (Phi) is 4.80. The minimum Gasteiger partial charge on any atom is -0.273 e. The van der Waals surface area contributed by atoms with Crippen molar-refractivity contribution in [2.75, 3.05) is 7.05 Å². The van der Waals surface area contributed by atoms with Gasteiger partial charge >= 0.3 is 0 Å². The molecular formula is C9H9BrN4O3S. The Balaban J connectivity index is 2.83. The second kappa shape index (κ2) is 5.92. The Bertz CT molecular complexity index is 609. The van der Waals surface area contributed by atoms with Crippen molar-refractivity contribution in [1.29, 1.82) is 5.26 Å². The maximum atomic E-state index is 11.6. The molecule has 0 aliphatic heterocycles. The van der Waals surface area contributed by atoms with Gasteiger partial charge in [0.1, 0.15) is 0 Å². The minimum absolute atomic E-state index is 0.202. The molecule has 0 fully saturated rings. The van der Waals surface area contributed by atoms with Crippen molar-refractivity contribution < 1.29 is 13.2 Å². The van der Waals surface area contributed by atoms with Crippen molar-refractivity contribution in [2.24, 2.45) is 0 Å². The van der Waals surface area contributed by atoms with Crippen molar-refractivity contribution in [2.45, 2.75) is 0 Å². The zero-order valence-corrected chi connectivity index (χ0v) is 11.6. The molecule has 0 saturated carbocycles. The first-order chi connectivity index (χ1) is 8.39. The van der Waals surface area contributed by atoms with E-state index in [1.54, 1.807) is 0 Å². The largest absolute Gasteiger partial charge is 0.293 e. The molecule has 0 heterocycles. The third-order valence-corrected chi connectivity index (χ3v) is 3.47. The molecule has 0 bridgehead atoms. The Labute approximate surface area is 112 Å². The first kappa shape index (κ1) is 14.6. The third kappa shape index (κ3) is 3.78. The van der Waals surface area contributed by atoms with Crippen LogP contribution in [0.5, 0.6) is 0 Å². The molecule has 0 aliphatic rings. The number of rotatable bonds is 4. The van der Waals surface area contributed by atoms with E-state index in [0.717, 1.165) is 0 Å². The molecule has 1 amide bonds. The molecule has 18 heavy (non-hydrogen) atoms. The molecule has 0 atom stereocenters. The number of amides is 1. The molecule has 1 aromatic carbocycles. The number of carbonyl (C=O) groups is 1. The first-order valence-corrected chi connectivity index (χ1v) is 6.87. The molecule has 0 radical (unpaired) electrons. The molecular weight excluding hydrogens is 324 g/mol. The van der Waals surface area contributed by atoms with Crippen LogP contribution in [0.3, 0.4) is 0 Å². The van der Waals surface area contributed by atoms with Crippen LogP contribution in [0.1, 0.15) is 15.9 Å². The zero-order valence-electron chi connectivity index (χ0n) is 9.19. The summed E-state index contributed by atoms with van der Waals surface area (Å²) in [6, 6.07) is 6.23. The number of halogens is 1. The van der Waals surface area contributed by atoms with Crippen LogP contribution in [0.25, 0.3) is 0 Å². The van der Waals surface area contributed by atoms with Gasteiger partial charge in [0.25, 0.3) is 16.1 Å². The Hall–Kier alpha value is -1.47. The summed E-state index contributed by atoms with van der Waals surface area (Å²) in [7, 11) is -2.55. The normalized spacial score (nSPS) is 10.7. The summed E-state index contributed by atoms with van der Waals surface area (Å²) in [5.74, 6) is -0.648. The predicted molar refractivity (Wildman–Crippen MR) is 67.4 cm³/mol. The van der Waals surface area contributed by atoms with Gasteiger partial charge in [0.15, 0.2) is 0 Å². The van der Waals surface area contributed by atoms with Crippen molar-refractivity contribution in [1.82, 2.24) is 15.0 Å². The van der Waals surface area contributed by atoms with Gasteiger partial charge in [0.2, 0.25) is 0 Å². The maximum Gasteiger partial charge on any atom is 0.293 e. The van der Waals surface area contributed by atoms with Gasteiger partial charge in [-0.05, 0) is 34.1 Å². The number of carbonyl (C=O) groups excluding carboxylic acids is 1. The highest BCUT2D eigenvalue weighted by atomic mass is 79.9. The van der Waals surface area contributed by atoms with E-state index in [4.69, 9.17) is 5.26 Å². The first-order valence-electron chi connectivity index (χ1n) is 4.60. The molecule has 0 aliphatic carbocycles. The van der Waals surface area contributed by atoms with E-state index < -0.39 is 16.1 Å². The monoisotopic (exact) mass is 332 g/mol. The number of nitrogens with one attached hydrogen (secondary N) is 3. The van der Waals surface area contributed by atoms with Crippen molar-refractivity contribution >= 4 is 32.0 Å². The lowest BCUT2D eigenvalue weighted by molar-refractivity contribution is 0.0944. The summed E-state index contributed by atoms with van der Waals surface area (Å²) < 4.78 is 24.4. The van der Waals surface area contributed by atoms with Crippen LogP contribution in [0.15, 0.2) is 22.7 Å². The summed E-state index contributed by atoms with van der Waals surface area (Å²) in [5, 5.41) is 8.66. The predicted octanol–water partition coefficient (Wildman–Crippen LogP) is 0.0194. The van der Waals surface area contributed by atoms with Gasteiger partial charge in [-0.3, -0.25) is 10.2 Å². The molecule has 0 unspecified atom stereocenters. The van der Waals surface area contributed by atoms with E-state index in [0.29, 0.717) is 10.0 Å². The number of hydrazine groups is 1. The Morgan fingerprint density at radius 2 is 2.11 bits per heavy atom. The Morgan fingerprint density at radius 1 is 1.44 bits per heavy atom. The molecule has 0 spiro atoms. The van der Waals surface area contributed by atoms with Crippen LogP contribution < -0.4 is 15.0 Å². The van der Waals surface area contributed by atoms with Gasteiger partial charge in [-0.25, -0.2) is 4.72 Å². The second-order valence-electron chi connectivity index (χ2n) is 3.07. The summed E-state index contributed by atoms with van der Waals surface area (Å²) in [6.07, 6.45) is 0. The lowest BCUT2D eigenvalue weighted by Gasteiger charge is -2.08. The van der Waals surface area contributed by atoms with Crippen LogP contribution in [-0.4, -0.2) is 21.4 Å². The van der Waals surface area contributed by atoms with E-state index in [1.807, 2.05) is 21.0 Å². The number of hydrogen-bond acceptors (Lipinski definition) is 4. The van der Waals surface area contributed by atoms with Crippen molar-refractivity contribution in [3.05, 3.63) is 33.8 Å². The topological polar surface area (TPSA) is 111 Å². The second-order valence-corrected chi connectivity index (χ2v) is 5.54. The summed E-state index contributed by atoms with van der Waals surface area (Å²) in [4.78, 5) is 13.5. The molecule has 9 heteroatoms. The molecule has 1 aromatic rings. The summed E-state index contributed by atoms with van der Waals surface area (Å²) >= 11 is 3.12. The minimum atomic E-state index is -3.75. The van der Waals surface area contributed by atoms with Gasteiger partial charge in [-0.15, -0.1) is 4.83 Å². The van der Waals surface area contributed by atoms with Gasteiger partial charge in [0, 0.05) is 11.5 Å². The lowest BCUT2D eigenvalue weighted by atomic mass is 10.1. The number of benzene rings is 1. The Morgan fingerprint density at radius 3 is 2.61 bits per heavy atom. The number of nitrogens with zero attached hydrogens (tertiary/aromatic N) is 1. The standard InChI is InChI=1S/C9H9BrN4O3S/c1-12-18(16,17)14-13-9(15)7-3-2-6(5-11)4-8(7)10/h2-4,12,14H,1H3,(H,13,15). The van der Waals surface area contributed by atoms with Gasteiger partial charge in [-0.2, -0.15) is 13.7 Å². The van der Waals surface area contributed by atoms with Crippen LogP contribution in [0.4, 0.5) is 0 Å². The van der Waals surface area contributed by atoms with E-state index in [2.05, 4.69) is 15.9 Å². The molecule has 1 rings (SSSR count). The average Bonchev–Trinajstić information content (AvgIpc) is 2.36. The quantitative estimate of drug-likeness (QED) is 0.675. The van der Waals surface area contributed by atoms with Crippen molar-refractivity contribution in [3.63, 3.8) is 0 Å². The summed E-state index contributed by atoms with van der Waals surface area (Å²) in [6.45, 7) is 0. The fourth-order valence-electron chi connectivity index (χ4n) is 1.00. The zero-order chi connectivity index (χ0) is 13.8. The fourth-order valence-corrected chi connectivity index (χ4v) is 1.89. The van der Waals surface area contributed by atoms with Gasteiger partial charge in [-0.1, -0.05) is 0 Å². The molecule has 3 N–H and O–H groups in total. The fraction of sp³-hybridized carbons (Fsp3) is 0.111. The SMILES string of the molecule is CNS(=O)(=O)NNC(=O)c1ccc(C#N)cc1Br. The highest BCUT2D eigenvalue weighted by Gasteiger charge is 2.13. The van der Waals surface area contributed by atoms with Crippen molar-refractivity contribution in [3.8, 4) is 6.07 Å². The highest BCUT2D eigenvalue weighted by Crippen LogP contribution is 2.18. The van der Waals surface area contributed by atoms with Crippen LogP contribution in [0.2, 0.25) is 0 Å². The maximum absolute atomic E-state index is 11.6. The smallest absolute Gasteiger partial charge is 0.273 e. The van der Waals surface area contributed by atoms with E-state index in [1.165, 1.54) is 25.2 Å². The lowest BCUT2D eigenvalue weighted by Crippen LogP contribution is -2.46. The van der Waals surface area contributed by atoms with Crippen LogP contribution >= 0.6 is 15.9 Å². The molecule has 0 saturated heterocycles. The van der Waals surface area contributed by atoms with E-state index >= 15 is 0 Å². The van der Waals surface area contributed by atoms with Gasteiger partial charge in [0.05, 0.1) is 17.2 Å². The average molecular weight is 333 g/mol. The molecule has 96 valence electrons. The number of nitriles is 1. The summed E-state index contributed by atoms with van der Waals surface area (Å²) in [5.41, 5.74) is 2.60. The third-order valence-electron chi connectivity index (χ3n) is 1.91. The van der Waals surface area contributed by atoms with Crippen LogP contribution in [-0.2, 0) is 10.2 Å². The highest BCUT2D eigenvalue weighted by molar-refractivity contribution is 9.10. The van der Waals surface area contributed by atoms with Gasteiger partial charge < -0.3 is 0 Å².